The Kier molecular flexibility index (Phi) is 2.76. The minimum absolute atomic E-state index is 0.122. The monoisotopic (exact) mass is 220 g/mol. The fourth-order valence-corrected chi connectivity index (χ4v) is 1.73. The number of aromatic carboxylic acids is 1. The van der Waals surface area contributed by atoms with Gasteiger partial charge in [-0.1, -0.05) is 12.1 Å². The van der Waals surface area contributed by atoms with E-state index in [0.717, 1.165) is 5.56 Å². The Hall–Kier alpha value is -2.04. The van der Waals surface area contributed by atoms with Crippen LogP contribution in [0, 0.1) is 0 Å². The van der Waals surface area contributed by atoms with Gasteiger partial charge < -0.3 is 15.7 Å². The maximum absolute atomic E-state index is 10.9. The molecule has 3 N–H and O–H groups in total. The third-order valence-electron chi connectivity index (χ3n) is 2.62. The Morgan fingerprint density at radius 3 is 2.62 bits per heavy atom. The molecule has 2 rings (SSSR count). The second-order valence-electron chi connectivity index (χ2n) is 3.72. The van der Waals surface area contributed by atoms with Crippen molar-refractivity contribution in [3.05, 3.63) is 35.4 Å². The van der Waals surface area contributed by atoms with Gasteiger partial charge in [0.15, 0.2) is 0 Å². The number of urea groups is 1. The maximum Gasteiger partial charge on any atom is 0.335 e. The summed E-state index contributed by atoms with van der Waals surface area (Å²) in [7, 11) is 0. The first-order chi connectivity index (χ1) is 7.66. The molecule has 5 nitrogen and oxygen atoms in total. The number of carbonyl (C=O) groups excluding carboxylic acids is 1. The van der Waals surface area contributed by atoms with Gasteiger partial charge in [-0.2, -0.15) is 0 Å². The number of benzene rings is 1. The molecule has 1 aromatic carbocycles. The van der Waals surface area contributed by atoms with E-state index in [0.29, 0.717) is 13.1 Å². The fraction of sp³-hybridized carbons (Fsp3) is 0.273. The molecule has 2 amide bonds. The van der Waals surface area contributed by atoms with Crippen molar-refractivity contribution in [3.63, 3.8) is 0 Å². The van der Waals surface area contributed by atoms with Crippen LogP contribution in [0.2, 0.25) is 0 Å². The lowest BCUT2D eigenvalue weighted by Gasteiger charge is -2.24. The highest BCUT2D eigenvalue weighted by Crippen LogP contribution is 2.17. The summed E-state index contributed by atoms with van der Waals surface area (Å²) in [6, 6.07) is 6.61. The lowest BCUT2D eigenvalue weighted by molar-refractivity contribution is 0.0696. The quantitative estimate of drug-likeness (QED) is 0.689. The summed E-state index contributed by atoms with van der Waals surface area (Å²) in [5.41, 5.74) is 1.20. The lowest BCUT2D eigenvalue weighted by atomic mass is 9.96. The molecule has 1 saturated heterocycles. The number of carboxylic acids is 1. The molecule has 0 spiro atoms. The third-order valence-corrected chi connectivity index (χ3v) is 2.62. The average Bonchev–Trinajstić information content (AvgIpc) is 2.30. The van der Waals surface area contributed by atoms with E-state index < -0.39 is 5.97 Å². The van der Waals surface area contributed by atoms with E-state index in [2.05, 4.69) is 10.6 Å². The Bertz CT molecular complexity index is 421. The number of amides is 2. The lowest BCUT2D eigenvalue weighted by Crippen LogP contribution is -2.47. The number of hydrogen-bond acceptors (Lipinski definition) is 2. The normalized spacial score (nSPS) is 16.4. The van der Waals surface area contributed by atoms with Gasteiger partial charge in [0.1, 0.15) is 0 Å². The highest BCUT2D eigenvalue weighted by molar-refractivity contribution is 5.87. The summed E-state index contributed by atoms with van der Waals surface area (Å²) >= 11 is 0. The zero-order valence-electron chi connectivity index (χ0n) is 8.56. The van der Waals surface area contributed by atoms with E-state index in [1.54, 1.807) is 18.2 Å². The second kappa shape index (κ2) is 4.22. The zero-order chi connectivity index (χ0) is 11.5. The molecular formula is C11H12N2O3. The van der Waals surface area contributed by atoms with Gasteiger partial charge in [0.2, 0.25) is 0 Å². The number of carbonyl (C=O) groups is 2. The molecule has 0 bridgehead atoms. The number of rotatable bonds is 2. The van der Waals surface area contributed by atoms with E-state index in [-0.39, 0.29) is 17.5 Å². The van der Waals surface area contributed by atoms with Crippen LogP contribution in [0.1, 0.15) is 21.8 Å². The van der Waals surface area contributed by atoms with Crippen molar-refractivity contribution in [2.75, 3.05) is 13.1 Å². The number of nitrogens with one attached hydrogen (secondary N) is 2. The SMILES string of the molecule is O=C1NCC(c2cccc(C(=O)O)c2)CN1. The van der Waals surface area contributed by atoms with Crippen molar-refractivity contribution in [3.8, 4) is 0 Å². The third kappa shape index (κ3) is 2.13. The van der Waals surface area contributed by atoms with E-state index in [1.807, 2.05) is 6.07 Å². The topological polar surface area (TPSA) is 78.4 Å². The van der Waals surface area contributed by atoms with Crippen LogP contribution in [0.4, 0.5) is 4.79 Å². The molecule has 0 atom stereocenters. The van der Waals surface area contributed by atoms with Crippen LogP contribution in [0.3, 0.4) is 0 Å². The summed E-state index contributed by atoms with van der Waals surface area (Å²) < 4.78 is 0. The van der Waals surface area contributed by atoms with Crippen molar-refractivity contribution in [1.29, 1.82) is 0 Å². The summed E-state index contributed by atoms with van der Waals surface area (Å²) in [6.45, 7) is 1.07. The molecule has 1 aliphatic rings. The molecule has 0 aromatic heterocycles. The molecule has 1 fully saturated rings. The van der Waals surface area contributed by atoms with Crippen LogP contribution < -0.4 is 10.6 Å². The van der Waals surface area contributed by atoms with Gasteiger partial charge in [0.05, 0.1) is 5.56 Å². The summed E-state index contributed by atoms with van der Waals surface area (Å²) in [5.74, 6) is -0.813. The van der Waals surface area contributed by atoms with E-state index in [4.69, 9.17) is 5.11 Å². The van der Waals surface area contributed by atoms with E-state index >= 15 is 0 Å². The molecule has 1 heterocycles. The first-order valence-corrected chi connectivity index (χ1v) is 5.02. The second-order valence-corrected chi connectivity index (χ2v) is 3.72. The Balaban J connectivity index is 2.17. The van der Waals surface area contributed by atoms with Crippen molar-refractivity contribution in [1.82, 2.24) is 10.6 Å². The van der Waals surface area contributed by atoms with Crippen LogP contribution >= 0.6 is 0 Å². The highest BCUT2D eigenvalue weighted by atomic mass is 16.4. The predicted molar refractivity (Wildman–Crippen MR) is 57.5 cm³/mol. The molecule has 0 unspecified atom stereocenters. The standard InChI is InChI=1S/C11H12N2O3/c14-10(15)8-3-1-2-7(4-8)9-5-12-11(16)13-6-9/h1-4,9H,5-6H2,(H,14,15)(H2,12,13,16). The molecule has 84 valence electrons. The van der Waals surface area contributed by atoms with Crippen molar-refractivity contribution >= 4 is 12.0 Å². The molecule has 1 aromatic rings. The van der Waals surface area contributed by atoms with Crippen molar-refractivity contribution in [2.24, 2.45) is 0 Å². The van der Waals surface area contributed by atoms with Crippen LogP contribution in [0.5, 0.6) is 0 Å². The molecule has 1 aliphatic heterocycles. The van der Waals surface area contributed by atoms with Gasteiger partial charge >= 0.3 is 12.0 Å². The van der Waals surface area contributed by atoms with Crippen LogP contribution in [0.25, 0.3) is 0 Å². The van der Waals surface area contributed by atoms with E-state index in [1.165, 1.54) is 0 Å². The van der Waals surface area contributed by atoms with Crippen molar-refractivity contribution in [2.45, 2.75) is 5.92 Å². The van der Waals surface area contributed by atoms with Gasteiger partial charge in [-0.3, -0.25) is 0 Å². The average molecular weight is 220 g/mol. The minimum Gasteiger partial charge on any atom is -0.478 e. The fourth-order valence-electron chi connectivity index (χ4n) is 1.73. The van der Waals surface area contributed by atoms with Crippen LogP contribution in [-0.4, -0.2) is 30.2 Å². The van der Waals surface area contributed by atoms with Gasteiger partial charge in [0, 0.05) is 19.0 Å². The molecule has 0 aliphatic carbocycles. The van der Waals surface area contributed by atoms with E-state index in [9.17, 15) is 9.59 Å². The maximum atomic E-state index is 10.9. The van der Waals surface area contributed by atoms with Gasteiger partial charge in [0.25, 0.3) is 0 Å². The van der Waals surface area contributed by atoms with Crippen molar-refractivity contribution < 1.29 is 14.7 Å². The summed E-state index contributed by atoms with van der Waals surface area (Å²) in [6.07, 6.45) is 0. The van der Waals surface area contributed by atoms with Crippen LogP contribution in [-0.2, 0) is 0 Å². The Morgan fingerprint density at radius 2 is 2.00 bits per heavy atom. The van der Waals surface area contributed by atoms with Gasteiger partial charge in [-0.15, -0.1) is 0 Å². The highest BCUT2D eigenvalue weighted by Gasteiger charge is 2.19. The van der Waals surface area contributed by atoms with Crippen LogP contribution in [0.15, 0.2) is 24.3 Å². The predicted octanol–water partition coefficient (Wildman–Crippen LogP) is 0.781. The zero-order valence-corrected chi connectivity index (χ0v) is 8.56. The Labute approximate surface area is 92.5 Å². The molecule has 0 radical (unpaired) electrons. The summed E-state index contributed by atoms with van der Waals surface area (Å²) in [5, 5.41) is 14.2. The molecule has 0 saturated carbocycles. The van der Waals surface area contributed by atoms with Gasteiger partial charge in [-0.25, -0.2) is 9.59 Å². The minimum atomic E-state index is -0.936. The Morgan fingerprint density at radius 1 is 1.31 bits per heavy atom. The number of hydrogen-bond donors (Lipinski definition) is 3. The first-order valence-electron chi connectivity index (χ1n) is 5.02. The largest absolute Gasteiger partial charge is 0.478 e. The first kappa shape index (κ1) is 10.5. The molecule has 5 heteroatoms. The molecular weight excluding hydrogens is 208 g/mol. The smallest absolute Gasteiger partial charge is 0.335 e. The summed E-state index contributed by atoms with van der Waals surface area (Å²) in [4.78, 5) is 21.7. The molecule has 16 heavy (non-hydrogen) atoms. The number of carboxylic acid groups (broad SMARTS) is 1. The van der Waals surface area contributed by atoms with Gasteiger partial charge in [-0.05, 0) is 17.7 Å².